The molecule has 4 aliphatic rings. The van der Waals surface area contributed by atoms with E-state index in [2.05, 4.69) is 31.8 Å². The van der Waals surface area contributed by atoms with Gasteiger partial charge < -0.3 is 15.2 Å². The fourth-order valence-corrected chi connectivity index (χ4v) is 8.32. The molecule has 2 N–H and O–H groups in total. The Bertz CT molecular complexity index is 847. The van der Waals surface area contributed by atoms with E-state index in [4.69, 9.17) is 9.84 Å². The maximum atomic E-state index is 12.6. The molecule has 4 aliphatic carbocycles. The Morgan fingerprint density at radius 2 is 1.79 bits per heavy atom. The lowest BCUT2D eigenvalue weighted by Crippen LogP contribution is -2.54. The first-order valence-corrected chi connectivity index (χ1v) is 13.6. The van der Waals surface area contributed by atoms with Crippen molar-refractivity contribution >= 4 is 36.3 Å². The zero-order valence-electron chi connectivity index (χ0n) is 20.4. The first kappa shape index (κ1) is 25.5. The molecule has 0 spiro atoms. The van der Waals surface area contributed by atoms with Gasteiger partial charge in [-0.05, 0) is 74.0 Å². The third kappa shape index (κ3) is 4.63. The highest BCUT2D eigenvalue weighted by Crippen LogP contribution is 2.66. The molecule has 7 nitrogen and oxygen atoms in total. The van der Waals surface area contributed by atoms with Crippen molar-refractivity contribution in [2.75, 3.05) is 5.75 Å². The van der Waals surface area contributed by atoms with Gasteiger partial charge in [0.25, 0.3) is 0 Å². The highest BCUT2D eigenvalue weighted by atomic mass is 32.1. The number of fused-ring (bicyclic) bond motifs is 5. The number of ether oxygens (including phenoxy) is 1. The summed E-state index contributed by atoms with van der Waals surface area (Å²) in [5, 5.41) is 11.4. The summed E-state index contributed by atoms with van der Waals surface area (Å²) in [4.78, 5) is 47.8. The van der Waals surface area contributed by atoms with Gasteiger partial charge in [-0.1, -0.05) is 13.8 Å². The minimum absolute atomic E-state index is 0.00834. The van der Waals surface area contributed by atoms with Crippen molar-refractivity contribution in [3.63, 3.8) is 0 Å². The number of carboxylic acid groups (broad SMARTS) is 1. The Kier molecular flexibility index (Phi) is 7.37. The maximum absolute atomic E-state index is 12.6. The van der Waals surface area contributed by atoms with Crippen molar-refractivity contribution in [1.29, 1.82) is 0 Å². The van der Waals surface area contributed by atoms with Crippen LogP contribution in [0.5, 0.6) is 0 Å². The fourth-order valence-electron chi connectivity index (χ4n) is 8.08. The summed E-state index contributed by atoms with van der Waals surface area (Å²) >= 11 is 3.93. The van der Waals surface area contributed by atoms with Crippen LogP contribution in [0, 0.1) is 34.5 Å². The highest BCUT2D eigenvalue weighted by Gasteiger charge is 2.61. The minimum atomic E-state index is -1.14. The molecule has 0 aliphatic heterocycles. The lowest BCUT2D eigenvalue weighted by atomic mass is 9.45. The number of aliphatic carboxylic acids is 1. The Hall–Kier alpha value is -1.57. The molecule has 34 heavy (non-hydrogen) atoms. The standard InChI is InChI=1S/C26H39NO6S/c1-25-11-9-16(28)13-15(25)3-4-17-18-5-6-21(26(18,2)12-10-19(17)25)33-23(30)8-7-22(29)27-20(14-34)24(31)32/h15,17-21,34H,3-14H2,1-2H3,(H,27,29)(H,31,32)/t15-,17?,18?,19?,20?,21?,25-,26-/m0/s1. The molecule has 0 radical (unpaired) electrons. The van der Waals surface area contributed by atoms with Gasteiger partial charge in [0, 0.05) is 30.4 Å². The molecule has 8 heteroatoms. The number of hydrogen-bond acceptors (Lipinski definition) is 6. The topological polar surface area (TPSA) is 110 Å². The van der Waals surface area contributed by atoms with Crippen molar-refractivity contribution < 1.29 is 29.0 Å². The first-order valence-electron chi connectivity index (χ1n) is 12.9. The molecule has 0 aromatic carbocycles. The average molecular weight is 494 g/mol. The summed E-state index contributed by atoms with van der Waals surface area (Å²) in [5.41, 5.74) is 0.230. The van der Waals surface area contributed by atoms with E-state index in [-0.39, 0.29) is 41.5 Å². The molecule has 4 fully saturated rings. The van der Waals surface area contributed by atoms with Crippen LogP contribution in [-0.2, 0) is 23.9 Å². The van der Waals surface area contributed by atoms with Gasteiger partial charge in [-0.2, -0.15) is 12.6 Å². The van der Waals surface area contributed by atoms with Crippen LogP contribution in [0.1, 0.15) is 84.5 Å². The van der Waals surface area contributed by atoms with E-state index in [1.807, 2.05) is 0 Å². The second kappa shape index (κ2) is 9.82. The maximum Gasteiger partial charge on any atom is 0.327 e. The number of esters is 1. The SMILES string of the molecule is C[C@]12CCC3C(CC[C@H]4CC(=O)CC[C@]34C)C1CCC2OC(=O)CCC(=O)NC(CS)C(=O)O. The fraction of sp³-hybridized carbons (Fsp3) is 0.846. The largest absolute Gasteiger partial charge is 0.480 e. The van der Waals surface area contributed by atoms with Crippen molar-refractivity contribution in [2.24, 2.45) is 34.5 Å². The number of amides is 1. The third-order valence-corrected chi connectivity index (χ3v) is 10.4. The summed E-state index contributed by atoms with van der Waals surface area (Å²) in [6.07, 6.45) is 8.66. The minimum Gasteiger partial charge on any atom is -0.480 e. The number of ketones is 1. The highest BCUT2D eigenvalue weighted by molar-refractivity contribution is 7.80. The molecule has 190 valence electrons. The molecular formula is C26H39NO6S. The zero-order chi connectivity index (χ0) is 24.7. The monoisotopic (exact) mass is 493 g/mol. The van der Waals surface area contributed by atoms with Crippen molar-refractivity contribution in [1.82, 2.24) is 5.32 Å². The van der Waals surface area contributed by atoms with E-state index in [9.17, 15) is 19.2 Å². The normalized spacial score (nSPS) is 39.9. The van der Waals surface area contributed by atoms with E-state index in [1.165, 1.54) is 6.42 Å². The number of hydrogen-bond donors (Lipinski definition) is 3. The smallest absolute Gasteiger partial charge is 0.327 e. The average Bonchev–Trinajstić information content (AvgIpc) is 3.12. The molecular weight excluding hydrogens is 454 g/mol. The molecule has 0 saturated heterocycles. The molecule has 1 amide bonds. The van der Waals surface area contributed by atoms with Gasteiger partial charge in [-0.25, -0.2) is 4.79 Å². The zero-order valence-corrected chi connectivity index (χ0v) is 21.3. The Balaban J connectivity index is 1.34. The Morgan fingerprint density at radius 1 is 1.06 bits per heavy atom. The number of carbonyl (C=O) groups is 4. The second-order valence-corrected chi connectivity index (χ2v) is 12.0. The van der Waals surface area contributed by atoms with Crippen LogP contribution in [0.25, 0.3) is 0 Å². The Labute approximate surface area is 207 Å². The summed E-state index contributed by atoms with van der Waals surface area (Å²) in [7, 11) is 0. The van der Waals surface area contributed by atoms with Crippen LogP contribution >= 0.6 is 12.6 Å². The van der Waals surface area contributed by atoms with Crippen molar-refractivity contribution in [3.05, 3.63) is 0 Å². The van der Waals surface area contributed by atoms with E-state index in [0.29, 0.717) is 29.5 Å². The number of Topliss-reactive ketones (excluding diaryl/α,β-unsaturated/α-hetero) is 1. The van der Waals surface area contributed by atoms with Crippen molar-refractivity contribution in [2.45, 2.75) is 96.6 Å². The third-order valence-electron chi connectivity index (χ3n) is 10.0. The van der Waals surface area contributed by atoms with Gasteiger partial charge >= 0.3 is 11.9 Å². The van der Waals surface area contributed by atoms with Crippen LogP contribution in [0.4, 0.5) is 0 Å². The number of nitrogens with one attached hydrogen (secondary N) is 1. The summed E-state index contributed by atoms with van der Waals surface area (Å²) in [6, 6.07) is -1.06. The van der Waals surface area contributed by atoms with Gasteiger partial charge in [-0.3, -0.25) is 14.4 Å². The van der Waals surface area contributed by atoms with E-state index < -0.39 is 17.9 Å². The molecule has 4 rings (SSSR count). The summed E-state index contributed by atoms with van der Waals surface area (Å²) in [5.74, 6) is 0.779. The van der Waals surface area contributed by atoms with Gasteiger partial charge in [0.2, 0.25) is 5.91 Å². The number of carbonyl (C=O) groups excluding carboxylic acids is 3. The van der Waals surface area contributed by atoms with E-state index in [0.717, 1.165) is 51.4 Å². The van der Waals surface area contributed by atoms with Gasteiger partial charge in [0.05, 0.1) is 6.42 Å². The molecule has 5 unspecified atom stereocenters. The lowest BCUT2D eigenvalue weighted by Gasteiger charge is -2.60. The van der Waals surface area contributed by atoms with Crippen LogP contribution in [0.15, 0.2) is 0 Å². The summed E-state index contributed by atoms with van der Waals surface area (Å²) in [6.45, 7) is 4.72. The molecule has 0 aromatic rings. The van der Waals surface area contributed by atoms with Gasteiger partial charge in [-0.15, -0.1) is 0 Å². The van der Waals surface area contributed by atoms with Crippen molar-refractivity contribution in [3.8, 4) is 0 Å². The molecule has 0 bridgehead atoms. The lowest BCUT2D eigenvalue weighted by molar-refractivity contribution is -0.164. The van der Waals surface area contributed by atoms with Crippen LogP contribution in [0.2, 0.25) is 0 Å². The summed E-state index contributed by atoms with van der Waals surface area (Å²) < 4.78 is 5.94. The van der Waals surface area contributed by atoms with Gasteiger partial charge in [0.1, 0.15) is 17.9 Å². The second-order valence-electron chi connectivity index (χ2n) is 11.6. The van der Waals surface area contributed by atoms with Crippen LogP contribution < -0.4 is 5.32 Å². The molecule has 4 saturated carbocycles. The number of carboxylic acids is 1. The Morgan fingerprint density at radius 3 is 2.50 bits per heavy atom. The predicted molar refractivity (Wildman–Crippen MR) is 129 cm³/mol. The molecule has 8 atom stereocenters. The number of thiol groups is 1. The quantitative estimate of drug-likeness (QED) is 0.368. The van der Waals surface area contributed by atoms with E-state index in [1.54, 1.807) is 0 Å². The van der Waals surface area contributed by atoms with Crippen LogP contribution in [-0.4, -0.2) is 46.6 Å². The predicted octanol–water partition coefficient (Wildman–Crippen LogP) is 3.79. The molecule has 0 aromatic heterocycles. The van der Waals surface area contributed by atoms with Gasteiger partial charge in [0.15, 0.2) is 0 Å². The number of rotatable bonds is 7. The molecule has 0 heterocycles. The van der Waals surface area contributed by atoms with E-state index >= 15 is 0 Å². The van der Waals surface area contributed by atoms with Crippen LogP contribution in [0.3, 0.4) is 0 Å². The first-order chi connectivity index (χ1) is 16.1.